The minimum Gasteiger partial charge on any atom is -0.507 e. The molecule has 0 amide bonds. The van der Waals surface area contributed by atoms with E-state index >= 15 is 0 Å². The van der Waals surface area contributed by atoms with E-state index in [0.29, 0.717) is 0 Å². The summed E-state index contributed by atoms with van der Waals surface area (Å²) in [4.78, 5) is 23.1. The summed E-state index contributed by atoms with van der Waals surface area (Å²) in [5.74, 6) is -2.09. The van der Waals surface area contributed by atoms with E-state index in [2.05, 4.69) is 4.72 Å². The van der Waals surface area contributed by atoms with Gasteiger partial charge in [-0.1, -0.05) is 12.1 Å². The number of nitrogens with one attached hydrogen (secondary N) is 1. The fraction of sp³-hybridized carbons (Fsp3) is 0.0909. The lowest BCUT2D eigenvalue weighted by molar-refractivity contribution is -0.111. The van der Waals surface area contributed by atoms with Gasteiger partial charge in [0.05, 0.1) is 17.5 Å². The van der Waals surface area contributed by atoms with Crippen LogP contribution < -0.4 is 4.72 Å². The minimum absolute atomic E-state index is 0.0204. The van der Waals surface area contributed by atoms with E-state index < -0.39 is 21.6 Å². The van der Waals surface area contributed by atoms with Gasteiger partial charge in [-0.3, -0.25) is 14.3 Å². The Morgan fingerprint density at radius 1 is 1.22 bits per heavy atom. The number of Topliss-reactive ketones (excluding diaryl/α,β-unsaturated/α-hetero) is 1. The van der Waals surface area contributed by atoms with Gasteiger partial charge in [0, 0.05) is 11.6 Å². The molecule has 0 aliphatic heterocycles. The second-order valence-corrected chi connectivity index (χ2v) is 5.57. The first-order valence-electron chi connectivity index (χ1n) is 4.90. The molecule has 2 N–H and O–H groups in total. The molecule has 0 unspecified atom stereocenters. The van der Waals surface area contributed by atoms with Gasteiger partial charge in [-0.05, 0) is 6.07 Å². The number of carbonyl (C=O) groups excluding carboxylic acids is 2. The predicted molar refractivity (Wildman–Crippen MR) is 64.9 cm³/mol. The topological polar surface area (TPSA) is 101 Å². The maximum Gasteiger partial charge on any atom is 0.235 e. The number of hydrogen-bond donors (Lipinski definition) is 2. The van der Waals surface area contributed by atoms with Crippen molar-refractivity contribution < 1.29 is 23.1 Å². The Labute approximate surface area is 103 Å². The zero-order valence-corrected chi connectivity index (χ0v) is 10.1. The van der Waals surface area contributed by atoms with Crippen LogP contribution in [-0.4, -0.2) is 31.3 Å². The summed E-state index contributed by atoms with van der Waals surface area (Å²) in [7, 11) is -3.58. The van der Waals surface area contributed by atoms with Crippen molar-refractivity contribution in [1.82, 2.24) is 0 Å². The molecule has 2 rings (SSSR count). The quantitative estimate of drug-likeness (QED) is 0.769. The molecule has 0 radical (unpaired) electrons. The molecule has 6 nitrogen and oxygen atoms in total. The molecule has 94 valence electrons. The zero-order chi connectivity index (χ0) is 13.5. The first-order chi connectivity index (χ1) is 8.29. The van der Waals surface area contributed by atoms with E-state index in [4.69, 9.17) is 0 Å². The van der Waals surface area contributed by atoms with Crippen LogP contribution in [0.15, 0.2) is 24.3 Å². The van der Waals surface area contributed by atoms with Crippen LogP contribution in [0.3, 0.4) is 0 Å². The average Bonchev–Trinajstić information content (AvgIpc) is 2.24. The average molecular weight is 267 g/mol. The Balaban J connectivity index is 2.67. The maximum atomic E-state index is 11.7. The van der Waals surface area contributed by atoms with E-state index in [1.54, 1.807) is 0 Å². The number of benzene rings is 1. The van der Waals surface area contributed by atoms with Gasteiger partial charge in [0.1, 0.15) is 5.76 Å². The van der Waals surface area contributed by atoms with Crippen LogP contribution in [0.5, 0.6) is 0 Å². The maximum absolute atomic E-state index is 11.7. The van der Waals surface area contributed by atoms with Crippen LogP contribution in [0, 0.1) is 0 Å². The van der Waals surface area contributed by atoms with Gasteiger partial charge in [0.15, 0.2) is 0 Å². The van der Waals surface area contributed by atoms with E-state index in [0.717, 1.165) is 12.3 Å². The zero-order valence-electron chi connectivity index (χ0n) is 9.30. The second kappa shape index (κ2) is 3.95. The number of ketones is 2. The summed E-state index contributed by atoms with van der Waals surface area (Å²) in [5, 5.41) is 9.58. The van der Waals surface area contributed by atoms with Crippen molar-refractivity contribution in [2.45, 2.75) is 0 Å². The third-order valence-electron chi connectivity index (χ3n) is 2.35. The standard InChI is InChI=1S/C11H9NO5S/c1-18(16,17)12-7-4-2-3-6-8(13)5-9(14)11(15)10(6)7/h2-5,12-13H,1H3. The van der Waals surface area contributed by atoms with Crippen molar-refractivity contribution in [3.05, 3.63) is 35.4 Å². The Kier molecular flexibility index (Phi) is 2.70. The number of aliphatic hydroxyl groups is 1. The van der Waals surface area contributed by atoms with Crippen molar-refractivity contribution in [2.75, 3.05) is 11.0 Å². The fourth-order valence-corrected chi connectivity index (χ4v) is 2.26. The fourth-order valence-electron chi connectivity index (χ4n) is 1.69. The van der Waals surface area contributed by atoms with Gasteiger partial charge in [-0.2, -0.15) is 0 Å². The lowest BCUT2D eigenvalue weighted by Gasteiger charge is -2.16. The number of fused-ring (bicyclic) bond motifs is 1. The van der Waals surface area contributed by atoms with Gasteiger partial charge in [0.2, 0.25) is 21.6 Å². The summed E-state index contributed by atoms with van der Waals surface area (Å²) in [6.07, 6.45) is 1.74. The molecular weight excluding hydrogens is 258 g/mol. The Bertz CT molecular complexity index is 687. The highest BCUT2D eigenvalue weighted by Gasteiger charge is 2.28. The third-order valence-corrected chi connectivity index (χ3v) is 2.95. The van der Waals surface area contributed by atoms with Crippen LogP contribution >= 0.6 is 0 Å². The van der Waals surface area contributed by atoms with Crippen molar-refractivity contribution in [3.63, 3.8) is 0 Å². The summed E-state index contributed by atoms with van der Waals surface area (Å²) in [5.41, 5.74) is -0.0193. The third kappa shape index (κ3) is 2.12. The van der Waals surface area contributed by atoms with Crippen molar-refractivity contribution in [3.8, 4) is 0 Å². The summed E-state index contributed by atoms with van der Waals surface area (Å²) in [6, 6.07) is 4.25. The van der Waals surface area contributed by atoms with E-state index in [9.17, 15) is 23.1 Å². The molecule has 1 aromatic rings. The van der Waals surface area contributed by atoms with Crippen molar-refractivity contribution in [1.29, 1.82) is 0 Å². The Morgan fingerprint density at radius 2 is 1.89 bits per heavy atom. The summed E-state index contributed by atoms with van der Waals surface area (Å²) >= 11 is 0. The van der Waals surface area contributed by atoms with Crippen LogP contribution in [0.4, 0.5) is 5.69 Å². The molecule has 1 aliphatic carbocycles. The van der Waals surface area contributed by atoms with Gasteiger partial charge in [-0.25, -0.2) is 8.42 Å². The molecule has 0 fully saturated rings. The molecule has 1 aromatic carbocycles. The van der Waals surface area contributed by atoms with E-state index in [-0.39, 0.29) is 22.6 Å². The van der Waals surface area contributed by atoms with E-state index in [1.807, 2.05) is 0 Å². The summed E-state index contributed by atoms with van der Waals surface area (Å²) < 4.78 is 24.5. The molecule has 0 bridgehead atoms. The predicted octanol–water partition coefficient (Wildman–Crippen LogP) is 0.722. The van der Waals surface area contributed by atoms with Crippen LogP contribution in [0.2, 0.25) is 0 Å². The highest BCUT2D eigenvalue weighted by atomic mass is 32.2. The Morgan fingerprint density at radius 3 is 2.50 bits per heavy atom. The molecule has 0 saturated heterocycles. The lowest BCUT2D eigenvalue weighted by Crippen LogP contribution is -2.22. The highest BCUT2D eigenvalue weighted by Crippen LogP contribution is 2.29. The second-order valence-electron chi connectivity index (χ2n) is 3.83. The number of anilines is 1. The normalized spacial score (nSPS) is 15.1. The number of aliphatic hydroxyl groups excluding tert-OH is 1. The molecule has 0 aromatic heterocycles. The molecule has 0 saturated carbocycles. The number of rotatable bonds is 2. The number of sulfonamides is 1. The number of carbonyl (C=O) groups is 2. The molecular formula is C11H9NO5S. The molecule has 1 aliphatic rings. The SMILES string of the molecule is CS(=O)(=O)Nc1cccc2c1C(=O)C(=O)C=C2O. The minimum atomic E-state index is -3.58. The Hall–Kier alpha value is -2.15. The first kappa shape index (κ1) is 12.3. The number of hydrogen-bond acceptors (Lipinski definition) is 5. The lowest BCUT2D eigenvalue weighted by atomic mass is 9.92. The smallest absolute Gasteiger partial charge is 0.235 e. The highest BCUT2D eigenvalue weighted by molar-refractivity contribution is 7.92. The largest absolute Gasteiger partial charge is 0.507 e. The van der Waals surface area contributed by atoms with Gasteiger partial charge in [0.25, 0.3) is 0 Å². The molecule has 0 heterocycles. The first-order valence-corrected chi connectivity index (χ1v) is 6.79. The number of allylic oxidation sites excluding steroid dienone is 1. The molecule has 0 atom stereocenters. The van der Waals surface area contributed by atoms with Crippen molar-refractivity contribution >= 4 is 33.0 Å². The van der Waals surface area contributed by atoms with E-state index in [1.165, 1.54) is 18.2 Å². The molecule has 18 heavy (non-hydrogen) atoms. The van der Waals surface area contributed by atoms with Crippen molar-refractivity contribution in [2.24, 2.45) is 0 Å². The van der Waals surface area contributed by atoms with Crippen LogP contribution in [0.1, 0.15) is 15.9 Å². The van der Waals surface area contributed by atoms with Crippen LogP contribution in [0.25, 0.3) is 5.76 Å². The van der Waals surface area contributed by atoms with Gasteiger partial charge in [-0.15, -0.1) is 0 Å². The molecule has 0 spiro atoms. The summed E-state index contributed by atoms with van der Waals surface area (Å²) in [6.45, 7) is 0. The van der Waals surface area contributed by atoms with Crippen LogP contribution in [-0.2, 0) is 14.8 Å². The monoisotopic (exact) mass is 267 g/mol. The van der Waals surface area contributed by atoms with Gasteiger partial charge >= 0.3 is 0 Å². The van der Waals surface area contributed by atoms with Gasteiger partial charge < -0.3 is 5.11 Å². The molecule has 7 heteroatoms.